The van der Waals surface area contributed by atoms with Crippen LogP contribution in [0.5, 0.6) is 0 Å². The van der Waals surface area contributed by atoms with E-state index < -0.39 is 0 Å². The molecule has 9 heteroatoms. The van der Waals surface area contributed by atoms with E-state index in [1.165, 1.54) is 165 Å². The van der Waals surface area contributed by atoms with Crippen molar-refractivity contribution in [3.8, 4) is 11.3 Å². The van der Waals surface area contributed by atoms with Gasteiger partial charge < -0.3 is 21.1 Å². The Morgan fingerprint density at radius 3 is 2.07 bits per heavy atom. The number of nitrogens with one attached hydrogen (secondary N) is 1. The fraction of sp³-hybridized carbons (Fsp3) is 0.508. The first kappa shape index (κ1) is 62.5. The molecule has 406 valence electrons. The van der Waals surface area contributed by atoms with Gasteiger partial charge in [0.1, 0.15) is 0 Å². The molecule has 1 aromatic heterocycles. The lowest BCUT2D eigenvalue weighted by molar-refractivity contribution is 0.399. The second-order valence-electron chi connectivity index (χ2n) is 20.2. The van der Waals surface area contributed by atoms with Gasteiger partial charge in [-0.3, -0.25) is 9.36 Å². The van der Waals surface area contributed by atoms with Crippen molar-refractivity contribution in [2.45, 2.75) is 169 Å². The van der Waals surface area contributed by atoms with Gasteiger partial charge >= 0.3 is 0 Å². The van der Waals surface area contributed by atoms with E-state index in [9.17, 15) is 0 Å². The molecule has 4 aromatic rings. The number of anilines is 3. The zero-order chi connectivity index (χ0) is 53.7. The van der Waals surface area contributed by atoms with Crippen molar-refractivity contribution >= 4 is 62.1 Å². The molecular weight excluding hydrogens is 962 g/mol. The summed E-state index contributed by atoms with van der Waals surface area (Å²) in [6.45, 7) is 25.7. The Morgan fingerprint density at radius 1 is 0.811 bits per heavy atom. The van der Waals surface area contributed by atoms with Crippen LogP contribution in [0, 0.1) is 6.92 Å². The summed E-state index contributed by atoms with van der Waals surface area (Å²) in [6.07, 6.45) is 36.9. The molecule has 0 saturated heterocycles. The predicted molar refractivity (Wildman–Crippen MR) is 339 cm³/mol. The Labute approximate surface area is 460 Å². The molecule has 0 amide bonds. The van der Waals surface area contributed by atoms with Crippen molar-refractivity contribution in [1.29, 1.82) is 0 Å². The number of allylic oxidation sites excluding steroid dienone is 8. The lowest BCUT2D eigenvalue weighted by Crippen LogP contribution is -2.28. The van der Waals surface area contributed by atoms with Gasteiger partial charge in [-0.1, -0.05) is 210 Å². The van der Waals surface area contributed by atoms with Crippen molar-refractivity contribution in [3.05, 3.63) is 144 Å². The van der Waals surface area contributed by atoms with Gasteiger partial charge in [-0.2, -0.15) is 0 Å². The van der Waals surface area contributed by atoms with Crippen molar-refractivity contribution in [1.82, 2.24) is 9.36 Å². The first-order valence-corrected chi connectivity index (χ1v) is 33.5. The lowest BCUT2D eigenvalue weighted by atomic mass is 9.84. The van der Waals surface area contributed by atoms with Crippen LogP contribution in [0.1, 0.15) is 177 Å². The van der Waals surface area contributed by atoms with Crippen LogP contribution in [0.4, 0.5) is 17.1 Å². The molecule has 3 aromatic carbocycles. The van der Waals surface area contributed by atoms with Gasteiger partial charge in [0, 0.05) is 74.7 Å². The molecule has 4 N–H and O–H groups in total. The quantitative estimate of drug-likeness (QED) is 0.0145. The average Bonchev–Trinajstić information content (AvgIpc) is 3.41. The molecule has 0 bridgehead atoms. The van der Waals surface area contributed by atoms with E-state index in [0.717, 1.165) is 81.2 Å². The molecule has 6 nitrogen and oxygen atoms in total. The molecule has 0 aliphatic heterocycles. The molecule has 2 aliphatic carbocycles. The summed E-state index contributed by atoms with van der Waals surface area (Å²) < 4.78 is 4.98. The van der Waals surface area contributed by atoms with Gasteiger partial charge in [0.15, 0.2) is 0 Å². The Morgan fingerprint density at radius 2 is 1.43 bits per heavy atom. The number of aryl methyl sites for hydroxylation is 1. The highest BCUT2D eigenvalue weighted by Gasteiger charge is 2.27. The summed E-state index contributed by atoms with van der Waals surface area (Å²) in [6, 6.07) is 22.1. The predicted octanol–water partition coefficient (Wildman–Crippen LogP) is 19.5. The van der Waals surface area contributed by atoms with E-state index in [-0.39, 0.29) is 7.12 Å². The van der Waals surface area contributed by atoms with Crippen molar-refractivity contribution in [2.75, 3.05) is 55.7 Å². The molecule has 74 heavy (non-hydrogen) atoms. The summed E-state index contributed by atoms with van der Waals surface area (Å²) in [5.74, 6) is 1.18. The third kappa shape index (κ3) is 19.5. The van der Waals surface area contributed by atoms with E-state index in [0.29, 0.717) is 0 Å². The van der Waals surface area contributed by atoms with Gasteiger partial charge in [0.2, 0.25) is 0 Å². The molecule has 0 atom stereocenters. The van der Waals surface area contributed by atoms with Crippen LogP contribution in [0.3, 0.4) is 0 Å². The smallest absolute Gasteiger partial charge is 0.0922 e. The van der Waals surface area contributed by atoms with E-state index in [1.54, 1.807) is 11.8 Å². The van der Waals surface area contributed by atoms with Crippen LogP contribution >= 0.6 is 28.3 Å². The minimum absolute atomic E-state index is 0.0988. The zero-order valence-electron chi connectivity index (χ0n) is 47.5. The molecule has 0 radical (unpaired) electrons. The van der Waals surface area contributed by atoms with Crippen LogP contribution in [0.15, 0.2) is 116 Å². The van der Waals surface area contributed by atoms with Gasteiger partial charge in [0.25, 0.3) is 0 Å². The number of aliphatic hydroxyl groups excluding tert-OH is 1. The first-order valence-electron chi connectivity index (χ1n) is 28.4. The van der Waals surface area contributed by atoms with Gasteiger partial charge in [-0.25, -0.2) is 0 Å². The molecule has 2 aliphatic rings. The summed E-state index contributed by atoms with van der Waals surface area (Å²) in [5, 5.41) is 10.4. The third-order valence-corrected chi connectivity index (χ3v) is 20.7. The van der Waals surface area contributed by atoms with E-state index in [1.807, 2.05) is 24.6 Å². The topological polar surface area (TPSA) is 71.4 Å². The Hall–Kier alpha value is -4.07. The normalized spacial score (nSPS) is 13.0. The van der Waals surface area contributed by atoms with Gasteiger partial charge in [0.05, 0.1) is 11.4 Å². The number of fused-ring (bicyclic) bond motifs is 1. The summed E-state index contributed by atoms with van der Waals surface area (Å²) in [4.78, 5) is 2.41. The maximum absolute atomic E-state index is 7.00. The van der Waals surface area contributed by atoms with E-state index in [2.05, 4.69) is 163 Å². The molecule has 1 heterocycles. The largest absolute Gasteiger partial charge is 0.400 e. The number of benzene rings is 3. The minimum atomic E-state index is 0.0988. The first-order chi connectivity index (χ1) is 36.1. The minimum Gasteiger partial charge on any atom is -0.400 e. The Bertz CT molecular complexity index is 2400. The fourth-order valence-electron chi connectivity index (χ4n) is 10.4. The van der Waals surface area contributed by atoms with Gasteiger partial charge in [-0.05, 0) is 137 Å². The maximum atomic E-state index is 7.00. The molecule has 6 rings (SSSR count). The highest BCUT2D eigenvalue weighted by molar-refractivity contribution is 8.98. The van der Waals surface area contributed by atoms with Crippen molar-refractivity contribution < 1.29 is 5.11 Å². The van der Waals surface area contributed by atoms with Crippen molar-refractivity contribution in [3.63, 3.8) is 0 Å². The number of nitrogens with zero attached hydrogens (tertiary/aromatic N) is 3. The highest BCUT2D eigenvalue weighted by atomic mass is 33.3. The van der Waals surface area contributed by atoms with E-state index >= 15 is 0 Å². The second kappa shape index (κ2) is 35.3. The molecule has 0 spiro atoms. The zero-order valence-corrected chi connectivity index (χ0v) is 50.0. The van der Waals surface area contributed by atoms with E-state index in [4.69, 9.17) is 10.8 Å². The Balaban J connectivity index is 0.00000289. The highest BCUT2D eigenvalue weighted by Crippen LogP contribution is 2.50. The summed E-state index contributed by atoms with van der Waals surface area (Å²) >= 11 is 0. The van der Waals surface area contributed by atoms with Crippen LogP contribution in [0.25, 0.3) is 28.0 Å². The lowest BCUT2D eigenvalue weighted by Gasteiger charge is -2.33. The van der Waals surface area contributed by atoms with Gasteiger partial charge in [-0.15, -0.1) is 0 Å². The molecule has 0 fully saturated rings. The number of nitrogens with two attached hydrogens (primary N) is 1. The number of nitrogen functional groups attached to an aromatic ring is 1. The number of aromatic nitrogens is 2. The molecule has 0 saturated carbocycles. The maximum Gasteiger partial charge on any atom is 0.0922 e. The van der Waals surface area contributed by atoms with Crippen LogP contribution < -0.4 is 16.0 Å². The third-order valence-electron chi connectivity index (χ3n) is 14.6. The Kier molecular flexibility index (Phi) is 29.8. The average molecular weight is 1060 g/mol. The molecular formula is C65H98N5OPS2. The van der Waals surface area contributed by atoms with Crippen molar-refractivity contribution in [2.24, 2.45) is 7.05 Å². The van der Waals surface area contributed by atoms with Crippen LogP contribution in [-0.2, 0) is 20.0 Å². The number of hydrogen-bond acceptors (Lipinski definition) is 6. The molecule has 0 unspecified atom stereocenters. The summed E-state index contributed by atoms with van der Waals surface area (Å²) in [5.41, 5.74) is 25.4. The number of unbranched alkanes of at least 4 members (excludes halogenated alkanes) is 14. The number of hydrogen-bond donors (Lipinski definition) is 3. The second-order valence-corrected chi connectivity index (χ2v) is 27.3. The van der Waals surface area contributed by atoms with Crippen LogP contribution in [-0.4, -0.2) is 54.3 Å². The SMILES string of the molecule is C=CNc1ccccc1-c1c(C2=C(CCCC(=C)CCSSP(C)C)CCC=C2)n(CCCCCCCCCCCCCCCCCN(C)c2ccc(C3=CC(=C)c4ccc(C)c(N)c4C3)cc2)n1C.CC.CO. The summed E-state index contributed by atoms with van der Waals surface area (Å²) in [7, 11) is 9.66. The van der Waals surface area contributed by atoms with Crippen LogP contribution in [0.2, 0.25) is 0 Å². The number of rotatable bonds is 33. The number of para-hydroxylation sites is 1. The fourth-order valence-corrected chi connectivity index (χ4v) is 14.8. The monoisotopic (exact) mass is 1060 g/mol. The number of aliphatic hydroxyl groups is 1. The standard InChI is InChI=1S/C62H88N5PS2.C2H6.CH4O/c1-9-64-59-35-26-25-34-57(59)61-62(56-33-24-23-31-52(56)32-29-30-48(2)42-45-69-70-68(7)8)67(66(61)6)44-28-22-20-18-16-14-12-10-11-13-15-17-19-21-27-43-65(5)54-39-37-51(38-40-54)53-46-50(4)55-41-36-49(3)60(63)58(55)47-53;2*1-2/h9,24-26,33-41,46,64H,1-2,4,10-23,27-32,42-45,47,63H2,3,5-8H3;1-2H3;2H,1H3.